The van der Waals surface area contributed by atoms with Gasteiger partial charge in [-0.2, -0.15) is 0 Å². The lowest BCUT2D eigenvalue weighted by molar-refractivity contribution is 0.104. The van der Waals surface area contributed by atoms with Gasteiger partial charge >= 0.3 is 0 Å². The van der Waals surface area contributed by atoms with E-state index in [2.05, 4.69) is 0 Å². The summed E-state index contributed by atoms with van der Waals surface area (Å²) in [4.78, 5) is 0. The second-order valence-corrected chi connectivity index (χ2v) is 6.07. The highest BCUT2D eigenvalue weighted by Crippen LogP contribution is 2.05. The first kappa shape index (κ1) is 13.9. The first-order valence-corrected chi connectivity index (χ1v) is 6.87. The molecule has 4 nitrogen and oxygen atoms in total. The third-order valence-corrected chi connectivity index (χ3v) is 3.16. The molecule has 2 N–H and O–H groups in total. The highest BCUT2D eigenvalue weighted by atomic mass is 32.2. The van der Waals surface area contributed by atoms with Gasteiger partial charge < -0.3 is 10.5 Å². The summed E-state index contributed by atoms with van der Waals surface area (Å²) in [5.41, 5.74) is 5.80. The second-order valence-electron chi connectivity index (χ2n) is 3.81. The van der Waals surface area contributed by atoms with Gasteiger partial charge in [-0.3, -0.25) is 0 Å². The lowest BCUT2D eigenvalue weighted by Crippen LogP contribution is -2.26. The molecule has 86 valence electrons. The Morgan fingerprint density at radius 1 is 1.43 bits per heavy atom. The van der Waals surface area contributed by atoms with Gasteiger partial charge in [0, 0.05) is 25.2 Å². The molecule has 0 heterocycles. The van der Waals surface area contributed by atoms with Gasteiger partial charge in [-0.15, -0.1) is 0 Å². The Hall–Kier alpha value is -0.130. The van der Waals surface area contributed by atoms with Gasteiger partial charge in [0.25, 0.3) is 0 Å². The van der Waals surface area contributed by atoms with Gasteiger partial charge in [-0.25, -0.2) is 8.42 Å². The van der Waals surface area contributed by atoms with Gasteiger partial charge in [0.1, 0.15) is 9.84 Å². The normalized spacial score (nSPS) is 16.6. The Morgan fingerprint density at radius 2 is 2.00 bits per heavy atom. The van der Waals surface area contributed by atoms with E-state index in [4.69, 9.17) is 10.5 Å². The van der Waals surface area contributed by atoms with E-state index in [1.807, 2.05) is 6.92 Å². The number of hydrogen-bond donors (Lipinski definition) is 1. The summed E-state index contributed by atoms with van der Waals surface area (Å²) in [7, 11) is -1.19. The van der Waals surface area contributed by atoms with Gasteiger partial charge in [0.15, 0.2) is 0 Å². The van der Waals surface area contributed by atoms with Crippen molar-refractivity contribution in [3.8, 4) is 0 Å². The van der Waals surface area contributed by atoms with E-state index in [0.29, 0.717) is 6.42 Å². The zero-order chi connectivity index (χ0) is 11.2. The van der Waals surface area contributed by atoms with Crippen molar-refractivity contribution in [2.24, 2.45) is 5.73 Å². The van der Waals surface area contributed by atoms with Crippen LogP contribution in [0.5, 0.6) is 0 Å². The molecule has 0 rings (SSSR count). The van der Waals surface area contributed by atoms with Crippen molar-refractivity contribution in [2.45, 2.75) is 38.3 Å². The molecule has 0 radical (unpaired) electrons. The van der Waals surface area contributed by atoms with E-state index in [-0.39, 0.29) is 17.9 Å². The number of sulfone groups is 1. The fraction of sp³-hybridized carbons (Fsp3) is 1.00. The van der Waals surface area contributed by atoms with Crippen LogP contribution in [0.4, 0.5) is 0 Å². The van der Waals surface area contributed by atoms with Crippen molar-refractivity contribution < 1.29 is 13.2 Å². The average Bonchev–Trinajstić information content (AvgIpc) is 2.01. The molecule has 0 bridgehead atoms. The van der Waals surface area contributed by atoms with Crippen LogP contribution in [0.3, 0.4) is 0 Å². The Balaban J connectivity index is 3.59. The molecule has 0 aromatic heterocycles. The summed E-state index contributed by atoms with van der Waals surface area (Å²) < 4.78 is 26.7. The maximum absolute atomic E-state index is 10.8. The van der Waals surface area contributed by atoms with Crippen molar-refractivity contribution in [3.05, 3.63) is 0 Å². The fourth-order valence-corrected chi connectivity index (χ4v) is 1.94. The zero-order valence-corrected chi connectivity index (χ0v) is 10.0. The predicted molar refractivity (Wildman–Crippen MR) is 58.0 cm³/mol. The molecule has 0 aliphatic heterocycles. The Kier molecular flexibility index (Phi) is 6.31. The standard InChI is InChI=1S/C9H21NO3S/c1-8(13-2)7-9(10)5-4-6-14(3,11)12/h8-9H,4-7,10H2,1-3H3. The third kappa shape index (κ3) is 8.47. The first-order chi connectivity index (χ1) is 6.35. The van der Waals surface area contributed by atoms with Gasteiger partial charge in [-0.05, 0) is 26.2 Å². The van der Waals surface area contributed by atoms with Crippen LogP contribution in [0.2, 0.25) is 0 Å². The van der Waals surface area contributed by atoms with Crippen LogP contribution < -0.4 is 5.73 Å². The quantitative estimate of drug-likeness (QED) is 0.685. The Bertz CT molecular complexity index is 238. The summed E-state index contributed by atoms with van der Waals surface area (Å²) in [5, 5.41) is 0. The smallest absolute Gasteiger partial charge is 0.147 e. The number of hydrogen-bond acceptors (Lipinski definition) is 4. The Morgan fingerprint density at radius 3 is 2.43 bits per heavy atom. The predicted octanol–water partition coefficient (Wildman–Crippen LogP) is 0.563. The summed E-state index contributed by atoms with van der Waals surface area (Å²) in [6.07, 6.45) is 3.54. The zero-order valence-electron chi connectivity index (χ0n) is 9.19. The van der Waals surface area contributed by atoms with Crippen molar-refractivity contribution >= 4 is 9.84 Å². The summed E-state index contributed by atoms with van der Waals surface area (Å²) >= 11 is 0. The Labute approximate surface area is 86.7 Å². The van der Waals surface area contributed by atoms with E-state index >= 15 is 0 Å². The summed E-state index contributed by atoms with van der Waals surface area (Å²) in [5.74, 6) is 0.224. The molecule has 5 heteroatoms. The number of nitrogens with two attached hydrogens (primary N) is 1. The molecule has 0 aliphatic rings. The fourth-order valence-electron chi connectivity index (χ4n) is 1.25. The van der Waals surface area contributed by atoms with E-state index in [9.17, 15) is 8.42 Å². The molecule has 0 fully saturated rings. The molecule has 14 heavy (non-hydrogen) atoms. The van der Waals surface area contributed by atoms with Crippen molar-refractivity contribution in [3.63, 3.8) is 0 Å². The minimum Gasteiger partial charge on any atom is -0.382 e. The average molecular weight is 223 g/mol. The molecule has 0 aromatic carbocycles. The molecule has 2 unspecified atom stereocenters. The van der Waals surface area contributed by atoms with Gasteiger partial charge in [0.2, 0.25) is 0 Å². The van der Waals surface area contributed by atoms with E-state index in [1.165, 1.54) is 6.26 Å². The maximum Gasteiger partial charge on any atom is 0.147 e. The SMILES string of the molecule is COC(C)CC(N)CCCS(C)(=O)=O. The monoisotopic (exact) mass is 223 g/mol. The molecule has 0 spiro atoms. The molecule has 0 saturated heterocycles. The summed E-state index contributed by atoms with van der Waals surface area (Å²) in [6, 6.07) is 0.0340. The van der Waals surface area contributed by atoms with Crippen LogP contribution in [-0.4, -0.2) is 39.7 Å². The van der Waals surface area contributed by atoms with Crippen molar-refractivity contribution in [1.29, 1.82) is 0 Å². The van der Waals surface area contributed by atoms with Crippen LogP contribution in [0.15, 0.2) is 0 Å². The lowest BCUT2D eigenvalue weighted by atomic mass is 10.1. The van der Waals surface area contributed by atoms with Gasteiger partial charge in [-0.1, -0.05) is 0 Å². The molecule has 0 amide bonds. The largest absolute Gasteiger partial charge is 0.382 e. The van der Waals surface area contributed by atoms with E-state index < -0.39 is 9.84 Å². The third-order valence-electron chi connectivity index (χ3n) is 2.13. The van der Waals surface area contributed by atoms with Gasteiger partial charge in [0.05, 0.1) is 6.10 Å². The minimum atomic E-state index is -2.84. The molecular formula is C9H21NO3S. The molecule has 0 aliphatic carbocycles. The second kappa shape index (κ2) is 6.37. The van der Waals surface area contributed by atoms with Crippen LogP contribution in [0, 0.1) is 0 Å². The highest BCUT2D eigenvalue weighted by Gasteiger charge is 2.09. The van der Waals surface area contributed by atoms with E-state index in [1.54, 1.807) is 7.11 Å². The summed E-state index contributed by atoms with van der Waals surface area (Å²) in [6.45, 7) is 1.95. The minimum absolute atomic E-state index is 0.0340. The number of ether oxygens (including phenoxy) is 1. The molecular weight excluding hydrogens is 202 g/mol. The van der Waals surface area contributed by atoms with Crippen LogP contribution in [0.1, 0.15) is 26.2 Å². The van der Waals surface area contributed by atoms with Crippen LogP contribution in [0.25, 0.3) is 0 Å². The highest BCUT2D eigenvalue weighted by molar-refractivity contribution is 7.90. The maximum atomic E-state index is 10.8. The van der Waals surface area contributed by atoms with Crippen molar-refractivity contribution in [2.75, 3.05) is 19.1 Å². The van der Waals surface area contributed by atoms with Crippen LogP contribution >= 0.6 is 0 Å². The molecule has 0 saturated carbocycles. The first-order valence-electron chi connectivity index (χ1n) is 4.81. The topological polar surface area (TPSA) is 69.4 Å². The van der Waals surface area contributed by atoms with Crippen molar-refractivity contribution in [1.82, 2.24) is 0 Å². The molecule has 2 atom stereocenters. The molecule has 0 aromatic rings. The number of methoxy groups -OCH3 is 1. The number of rotatable bonds is 7. The lowest BCUT2D eigenvalue weighted by Gasteiger charge is -2.15. The van der Waals surface area contributed by atoms with Crippen LogP contribution in [-0.2, 0) is 14.6 Å². The van der Waals surface area contributed by atoms with E-state index in [0.717, 1.165) is 12.8 Å².